The first-order valence-corrected chi connectivity index (χ1v) is 8.40. The molecule has 1 atom stereocenters. The first-order valence-electron chi connectivity index (χ1n) is 8.40. The van der Waals surface area contributed by atoms with E-state index in [9.17, 15) is 4.79 Å². The summed E-state index contributed by atoms with van der Waals surface area (Å²) in [5.41, 5.74) is 5.50. The van der Waals surface area contributed by atoms with E-state index < -0.39 is 0 Å². The van der Waals surface area contributed by atoms with Crippen molar-refractivity contribution in [2.75, 3.05) is 19.6 Å². The van der Waals surface area contributed by atoms with Gasteiger partial charge in [0.2, 0.25) is 5.91 Å². The van der Waals surface area contributed by atoms with E-state index in [-0.39, 0.29) is 36.1 Å². The zero-order valence-electron chi connectivity index (χ0n) is 14.0. The number of nitrogens with two attached hydrogens (primary N) is 1. The minimum absolute atomic E-state index is 0. The van der Waals surface area contributed by atoms with E-state index in [4.69, 9.17) is 5.73 Å². The van der Waals surface area contributed by atoms with Crippen molar-refractivity contribution in [3.05, 3.63) is 0 Å². The summed E-state index contributed by atoms with van der Waals surface area (Å²) in [4.78, 5) is 15.1. The van der Waals surface area contributed by atoms with Crippen molar-refractivity contribution in [2.45, 2.75) is 70.9 Å². The Morgan fingerprint density at radius 3 is 2.27 bits per heavy atom. The summed E-state index contributed by atoms with van der Waals surface area (Å²) in [5, 5.41) is 3.27. The van der Waals surface area contributed by atoms with Gasteiger partial charge in [-0.3, -0.25) is 9.69 Å². The lowest BCUT2D eigenvalue weighted by Gasteiger charge is -2.30. The molecule has 1 saturated heterocycles. The minimum atomic E-state index is -0.360. The monoisotopic (exact) mass is 353 g/mol. The lowest BCUT2D eigenvalue weighted by molar-refractivity contribution is -0.131. The highest BCUT2D eigenvalue weighted by Gasteiger charge is 2.37. The van der Waals surface area contributed by atoms with E-state index in [1.54, 1.807) is 0 Å². The average Bonchev–Trinajstić information content (AvgIpc) is 3.11. The predicted molar refractivity (Wildman–Crippen MR) is 96.9 cm³/mol. The highest BCUT2D eigenvalue weighted by atomic mass is 35.5. The fraction of sp³-hybridized carbons (Fsp3) is 0.938. The Morgan fingerprint density at radius 2 is 1.77 bits per heavy atom. The topological polar surface area (TPSA) is 58.4 Å². The van der Waals surface area contributed by atoms with E-state index in [1.165, 1.54) is 25.7 Å². The number of hydrogen-bond donors (Lipinski definition) is 2. The van der Waals surface area contributed by atoms with Gasteiger partial charge in [-0.05, 0) is 32.1 Å². The first-order chi connectivity index (χ1) is 9.65. The first kappa shape index (κ1) is 22.0. The zero-order valence-corrected chi connectivity index (χ0v) is 15.6. The molecule has 4 nitrogen and oxygen atoms in total. The van der Waals surface area contributed by atoms with Gasteiger partial charge in [-0.15, -0.1) is 24.8 Å². The number of hydrogen-bond acceptors (Lipinski definition) is 3. The van der Waals surface area contributed by atoms with Crippen LogP contribution < -0.4 is 11.1 Å². The van der Waals surface area contributed by atoms with E-state index in [0.29, 0.717) is 12.6 Å². The summed E-state index contributed by atoms with van der Waals surface area (Å²) in [6.45, 7) is 6.75. The molecule has 2 fully saturated rings. The Bertz CT molecular complexity index is 323. The third-order valence-corrected chi connectivity index (χ3v) is 5.62. The molecule has 22 heavy (non-hydrogen) atoms. The number of carbonyl (C=O) groups is 1. The van der Waals surface area contributed by atoms with Crippen molar-refractivity contribution in [1.29, 1.82) is 0 Å². The number of rotatable bonds is 6. The molecule has 1 saturated carbocycles. The van der Waals surface area contributed by atoms with Crippen LogP contribution in [0.3, 0.4) is 0 Å². The fourth-order valence-electron chi connectivity index (χ4n) is 3.80. The molecule has 1 unspecified atom stereocenters. The Labute approximate surface area is 147 Å². The van der Waals surface area contributed by atoms with E-state index >= 15 is 0 Å². The number of nitrogens with zero attached hydrogens (tertiary/aromatic N) is 1. The van der Waals surface area contributed by atoms with Crippen molar-refractivity contribution in [3.63, 3.8) is 0 Å². The smallest absolute Gasteiger partial charge is 0.227 e. The molecule has 1 heterocycles. The molecule has 1 aliphatic carbocycles. The third-order valence-electron chi connectivity index (χ3n) is 5.62. The standard InChI is InChI=1S/C16H31N3O.2ClH/c1-3-16(4-2,12-17)15(20)18-13-9-10-19(11-13)14-7-5-6-8-14;;/h13-14H,3-12,17H2,1-2H3,(H,18,20);2*1H. The third kappa shape index (κ3) is 4.73. The summed E-state index contributed by atoms with van der Waals surface area (Å²) in [7, 11) is 0. The number of halogens is 2. The molecule has 6 heteroatoms. The minimum Gasteiger partial charge on any atom is -0.352 e. The van der Waals surface area contributed by atoms with E-state index in [2.05, 4.69) is 24.1 Å². The van der Waals surface area contributed by atoms with Gasteiger partial charge in [0.25, 0.3) is 0 Å². The normalized spacial score (nSPS) is 23.0. The van der Waals surface area contributed by atoms with Crippen molar-refractivity contribution in [1.82, 2.24) is 10.2 Å². The lowest BCUT2D eigenvalue weighted by Crippen LogP contribution is -2.49. The Balaban J connectivity index is 0.00000220. The van der Waals surface area contributed by atoms with Crippen molar-refractivity contribution in [3.8, 4) is 0 Å². The Hall–Kier alpha value is -0.0300. The van der Waals surface area contributed by atoms with Gasteiger partial charge in [-0.25, -0.2) is 0 Å². The van der Waals surface area contributed by atoms with Gasteiger partial charge < -0.3 is 11.1 Å². The second kappa shape index (κ2) is 9.96. The highest BCUT2D eigenvalue weighted by molar-refractivity contribution is 5.85. The lowest BCUT2D eigenvalue weighted by atomic mass is 9.81. The molecule has 0 aromatic carbocycles. The van der Waals surface area contributed by atoms with Gasteiger partial charge in [-0.1, -0.05) is 26.7 Å². The second-order valence-electron chi connectivity index (χ2n) is 6.58. The molecule has 0 aromatic rings. The average molecular weight is 354 g/mol. The maximum absolute atomic E-state index is 12.5. The summed E-state index contributed by atoms with van der Waals surface area (Å²) < 4.78 is 0. The predicted octanol–water partition coefficient (Wildman–Crippen LogP) is 2.73. The maximum atomic E-state index is 12.5. The number of likely N-dealkylation sites (tertiary alicyclic amines) is 1. The molecule has 132 valence electrons. The van der Waals surface area contributed by atoms with Crippen LogP contribution in [-0.2, 0) is 4.79 Å². The van der Waals surface area contributed by atoms with E-state index in [1.807, 2.05) is 0 Å². The molecule has 0 bridgehead atoms. The van der Waals surface area contributed by atoms with Gasteiger partial charge in [0, 0.05) is 31.7 Å². The van der Waals surface area contributed by atoms with Gasteiger partial charge in [0.05, 0.1) is 5.41 Å². The summed E-state index contributed by atoms with van der Waals surface area (Å²) in [6, 6.07) is 1.10. The Morgan fingerprint density at radius 1 is 1.18 bits per heavy atom. The van der Waals surface area contributed by atoms with Gasteiger partial charge in [0.15, 0.2) is 0 Å². The molecular weight excluding hydrogens is 321 g/mol. The number of nitrogens with one attached hydrogen (secondary N) is 1. The highest BCUT2D eigenvalue weighted by Crippen LogP contribution is 2.28. The van der Waals surface area contributed by atoms with Crippen LogP contribution in [0.1, 0.15) is 58.8 Å². The van der Waals surface area contributed by atoms with Crippen LogP contribution >= 0.6 is 24.8 Å². The molecule has 0 spiro atoms. The SMILES string of the molecule is CCC(CC)(CN)C(=O)NC1CCN(C2CCCC2)C1.Cl.Cl. The molecule has 2 rings (SSSR count). The van der Waals surface area contributed by atoms with Crippen LogP contribution in [0.4, 0.5) is 0 Å². The van der Waals surface area contributed by atoms with Gasteiger partial charge in [-0.2, -0.15) is 0 Å². The van der Waals surface area contributed by atoms with Crippen LogP contribution in [-0.4, -0.2) is 42.5 Å². The number of carbonyl (C=O) groups excluding carboxylic acids is 1. The van der Waals surface area contributed by atoms with Crippen LogP contribution in [0.5, 0.6) is 0 Å². The molecule has 1 aliphatic heterocycles. The molecule has 0 radical (unpaired) electrons. The number of amides is 1. The van der Waals surface area contributed by atoms with Crippen LogP contribution in [0, 0.1) is 5.41 Å². The van der Waals surface area contributed by atoms with Crippen LogP contribution in [0.2, 0.25) is 0 Å². The van der Waals surface area contributed by atoms with Crippen molar-refractivity contribution in [2.24, 2.45) is 11.1 Å². The summed E-state index contributed by atoms with van der Waals surface area (Å²) in [6.07, 6.45) is 8.18. The molecule has 1 amide bonds. The van der Waals surface area contributed by atoms with Crippen LogP contribution in [0.15, 0.2) is 0 Å². The second-order valence-corrected chi connectivity index (χ2v) is 6.58. The summed E-state index contributed by atoms with van der Waals surface area (Å²) in [5.74, 6) is 0.170. The summed E-state index contributed by atoms with van der Waals surface area (Å²) >= 11 is 0. The maximum Gasteiger partial charge on any atom is 0.227 e. The van der Waals surface area contributed by atoms with Crippen molar-refractivity contribution >= 4 is 30.7 Å². The van der Waals surface area contributed by atoms with Crippen molar-refractivity contribution < 1.29 is 4.79 Å². The molecule has 3 N–H and O–H groups in total. The molecular formula is C16H33Cl2N3O. The largest absolute Gasteiger partial charge is 0.352 e. The zero-order chi connectivity index (χ0) is 14.6. The van der Waals surface area contributed by atoms with Gasteiger partial charge in [0.1, 0.15) is 0 Å². The van der Waals surface area contributed by atoms with Gasteiger partial charge >= 0.3 is 0 Å². The quantitative estimate of drug-likeness (QED) is 0.771. The molecule has 0 aromatic heterocycles. The fourth-order valence-corrected chi connectivity index (χ4v) is 3.80. The molecule has 2 aliphatic rings. The van der Waals surface area contributed by atoms with E-state index in [0.717, 1.165) is 38.4 Å². The Kier molecular flexibility index (Phi) is 9.95. The van der Waals surface area contributed by atoms with Crippen LogP contribution in [0.25, 0.3) is 0 Å².